The first-order valence-corrected chi connectivity index (χ1v) is 5.54. The van der Waals surface area contributed by atoms with Crippen LogP contribution in [0.5, 0.6) is 0 Å². The van der Waals surface area contributed by atoms with Crippen LogP contribution in [0, 0.1) is 13.8 Å². The number of hydrogen-bond acceptors (Lipinski definition) is 2. The molecule has 1 aromatic carbocycles. The number of rotatable bonds is 2. The van der Waals surface area contributed by atoms with Crippen molar-refractivity contribution in [3.05, 3.63) is 35.2 Å². The molecule has 2 rings (SSSR count). The lowest BCUT2D eigenvalue weighted by molar-refractivity contribution is 1.09. The lowest BCUT2D eigenvalue weighted by Crippen LogP contribution is -1.94. The van der Waals surface area contributed by atoms with E-state index in [0.717, 1.165) is 28.8 Å². The summed E-state index contributed by atoms with van der Waals surface area (Å²) in [6, 6.07) is 6.14. The van der Waals surface area contributed by atoms with Crippen molar-refractivity contribution in [2.45, 2.75) is 20.3 Å². The van der Waals surface area contributed by atoms with Gasteiger partial charge in [-0.2, -0.15) is 0 Å². The van der Waals surface area contributed by atoms with Crippen molar-refractivity contribution in [2.75, 3.05) is 5.88 Å². The van der Waals surface area contributed by atoms with Gasteiger partial charge in [0.05, 0.1) is 22.4 Å². The van der Waals surface area contributed by atoms with Crippen LogP contribution < -0.4 is 0 Å². The van der Waals surface area contributed by atoms with Gasteiger partial charge in [0, 0.05) is 5.88 Å². The van der Waals surface area contributed by atoms with E-state index in [9.17, 15) is 0 Å². The van der Waals surface area contributed by atoms with E-state index >= 15 is 0 Å². The lowest BCUT2D eigenvalue weighted by Gasteiger charge is -2.04. The van der Waals surface area contributed by atoms with E-state index in [0.29, 0.717) is 5.88 Å². The molecule has 0 saturated carbocycles. The van der Waals surface area contributed by atoms with E-state index in [1.165, 1.54) is 5.56 Å². The smallest absolute Gasteiger partial charge is 0.0892 e. The summed E-state index contributed by atoms with van der Waals surface area (Å²) in [7, 11) is 0. The van der Waals surface area contributed by atoms with Gasteiger partial charge in [-0.3, -0.25) is 0 Å². The van der Waals surface area contributed by atoms with Crippen LogP contribution in [-0.2, 0) is 6.42 Å². The van der Waals surface area contributed by atoms with Gasteiger partial charge in [-0.25, -0.2) is 9.97 Å². The molecule has 0 N–H and O–H groups in total. The highest BCUT2D eigenvalue weighted by Crippen LogP contribution is 2.14. The van der Waals surface area contributed by atoms with Gasteiger partial charge >= 0.3 is 0 Å². The molecule has 1 heterocycles. The number of halogens is 1. The minimum absolute atomic E-state index is 0.643. The van der Waals surface area contributed by atoms with E-state index in [4.69, 9.17) is 11.6 Å². The molecule has 2 nitrogen and oxygen atoms in total. The van der Waals surface area contributed by atoms with Gasteiger partial charge in [-0.1, -0.05) is 6.07 Å². The first-order chi connectivity index (χ1) is 7.20. The third kappa shape index (κ3) is 2.10. The zero-order chi connectivity index (χ0) is 10.8. The summed E-state index contributed by atoms with van der Waals surface area (Å²) in [4.78, 5) is 8.99. The zero-order valence-corrected chi connectivity index (χ0v) is 9.67. The average Bonchev–Trinajstić information content (AvgIpc) is 2.21. The van der Waals surface area contributed by atoms with Crippen LogP contribution in [0.2, 0.25) is 0 Å². The minimum Gasteiger partial charge on any atom is -0.250 e. The summed E-state index contributed by atoms with van der Waals surface area (Å²) in [5.41, 5.74) is 5.12. The van der Waals surface area contributed by atoms with E-state index < -0.39 is 0 Å². The van der Waals surface area contributed by atoms with Crippen molar-refractivity contribution < 1.29 is 0 Å². The van der Waals surface area contributed by atoms with Crippen LogP contribution >= 0.6 is 11.6 Å². The van der Waals surface area contributed by atoms with Gasteiger partial charge < -0.3 is 0 Å². The van der Waals surface area contributed by atoms with Crippen molar-refractivity contribution in [3.63, 3.8) is 0 Å². The standard InChI is InChI=1S/C12H13ClN2/c1-8-9(2)15-12-7-10(5-6-13)3-4-11(12)14-8/h3-4,7H,5-6H2,1-2H3. The average molecular weight is 221 g/mol. The SMILES string of the molecule is Cc1nc2ccc(CCCl)cc2nc1C. The fourth-order valence-corrected chi connectivity index (χ4v) is 1.76. The van der Waals surface area contributed by atoms with E-state index in [2.05, 4.69) is 22.1 Å². The van der Waals surface area contributed by atoms with Crippen molar-refractivity contribution in [1.82, 2.24) is 9.97 Å². The summed E-state index contributed by atoms with van der Waals surface area (Å²) >= 11 is 5.71. The van der Waals surface area contributed by atoms with Crippen molar-refractivity contribution >= 4 is 22.6 Å². The van der Waals surface area contributed by atoms with Crippen LogP contribution in [0.4, 0.5) is 0 Å². The number of hydrogen-bond donors (Lipinski definition) is 0. The van der Waals surface area contributed by atoms with Gasteiger partial charge in [0.2, 0.25) is 0 Å². The van der Waals surface area contributed by atoms with E-state index in [1.807, 2.05) is 19.9 Å². The summed E-state index contributed by atoms with van der Waals surface area (Å²) in [6.45, 7) is 3.96. The third-order valence-electron chi connectivity index (χ3n) is 2.52. The topological polar surface area (TPSA) is 25.8 Å². The molecule has 0 fully saturated rings. The number of aryl methyl sites for hydroxylation is 3. The maximum absolute atomic E-state index is 5.71. The second-order valence-corrected chi connectivity index (χ2v) is 4.03. The Morgan fingerprint density at radius 2 is 1.73 bits per heavy atom. The number of alkyl halides is 1. The monoisotopic (exact) mass is 220 g/mol. The molecule has 0 bridgehead atoms. The Labute approximate surface area is 94.3 Å². The molecular formula is C12H13ClN2. The number of aromatic nitrogens is 2. The Balaban J connectivity index is 2.56. The first-order valence-electron chi connectivity index (χ1n) is 5.00. The predicted molar refractivity (Wildman–Crippen MR) is 63.4 cm³/mol. The molecule has 0 unspecified atom stereocenters. The number of benzene rings is 1. The Kier molecular flexibility index (Phi) is 2.87. The molecule has 3 heteroatoms. The highest BCUT2D eigenvalue weighted by atomic mass is 35.5. The van der Waals surface area contributed by atoms with Gasteiger partial charge in [0.15, 0.2) is 0 Å². The molecule has 15 heavy (non-hydrogen) atoms. The van der Waals surface area contributed by atoms with Gasteiger partial charge in [0.25, 0.3) is 0 Å². The molecular weight excluding hydrogens is 208 g/mol. The maximum atomic E-state index is 5.71. The highest BCUT2D eigenvalue weighted by Gasteiger charge is 2.02. The second-order valence-electron chi connectivity index (χ2n) is 3.66. The van der Waals surface area contributed by atoms with Gasteiger partial charge in [0.1, 0.15) is 0 Å². The molecule has 0 amide bonds. The normalized spacial score (nSPS) is 10.9. The lowest BCUT2D eigenvalue weighted by atomic mass is 10.1. The zero-order valence-electron chi connectivity index (χ0n) is 8.92. The Hall–Kier alpha value is -1.15. The Bertz CT molecular complexity index is 494. The molecule has 0 saturated heterocycles. The summed E-state index contributed by atoms with van der Waals surface area (Å²) < 4.78 is 0. The number of nitrogens with zero attached hydrogens (tertiary/aromatic N) is 2. The van der Waals surface area contributed by atoms with Crippen LogP contribution in [0.25, 0.3) is 11.0 Å². The minimum atomic E-state index is 0.643. The Morgan fingerprint density at radius 1 is 1.07 bits per heavy atom. The van der Waals surface area contributed by atoms with Gasteiger partial charge in [-0.05, 0) is 38.0 Å². The molecule has 78 valence electrons. The van der Waals surface area contributed by atoms with Crippen molar-refractivity contribution in [1.29, 1.82) is 0 Å². The first kappa shape index (κ1) is 10.4. The maximum Gasteiger partial charge on any atom is 0.0892 e. The molecule has 0 aliphatic heterocycles. The Morgan fingerprint density at radius 3 is 2.40 bits per heavy atom. The molecule has 0 aliphatic rings. The third-order valence-corrected chi connectivity index (χ3v) is 2.71. The second kappa shape index (κ2) is 4.15. The quantitative estimate of drug-likeness (QED) is 0.728. The number of fused-ring (bicyclic) bond motifs is 1. The highest BCUT2D eigenvalue weighted by molar-refractivity contribution is 6.18. The van der Waals surface area contributed by atoms with Crippen molar-refractivity contribution in [2.24, 2.45) is 0 Å². The largest absolute Gasteiger partial charge is 0.250 e. The van der Waals surface area contributed by atoms with Gasteiger partial charge in [-0.15, -0.1) is 11.6 Å². The van der Waals surface area contributed by atoms with Crippen molar-refractivity contribution in [3.8, 4) is 0 Å². The van der Waals surface area contributed by atoms with Crippen LogP contribution in [0.1, 0.15) is 17.0 Å². The fraction of sp³-hybridized carbons (Fsp3) is 0.333. The molecule has 0 aliphatic carbocycles. The molecule has 0 spiro atoms. The van der Waals surface area contributed by atoms with Crippen LogP contribution in [0.3, 0.4) is 0 Å². The summed E-state index contributed by atoms with van der Waals surface area (Å²) in [5, 5.41) is 0. The molecule has 0 radical (unpaired) electrons. The summed E-state index contributed by atoms with van der Waals surface area (Å²) in [6.07, 6.45) is 0.881. The van der Waals surface area contributed by atoms with E-state index in [1.54, 1.807) is 0 Å². The van der Waals surface area contributed by atoms with E-state index in [-0.39, 0.29) is 0 Å². The molecule has 1 aromatic heterocycles. The van der Waals surface area contributed by atoms with Crippen LogP contribution in [-0.4, -0.2) is 15.8 Å². The summed E-state index contributed by atoms with van der Waals surface area (Å²) in [5.74, 6) is 0.643. The molecule has 2 aromatic rings. The van der Waals surface area contributed by atoms with Crippen LogP contribution in [0.15, 0.2) is 18.2 Å². The predicted octanol–water partition coefficient (Wildman–Crippen LogP) is 3.03. The fourth-order valence-electron chi connectivity index (χ4n) is 1.54. The molecule has 0 atom stereocenters.